The zero-order valence-electron chi connectivity index (χ0n) is 24.1. The number of methoxy groups -OCH3 is 1. The first-order valence-electron chi connectivity index (χ1n) is 13.4. The third kappa shape index (κ3) is 13.3. The Morgan fingerprint density at radius 3 is 1.97 bits per heavy atom. The summed E-state index contributed by atoms with van der Waals surface area (Å²) in [5.74, 6) is -0.726. The fraction of sp³-hybridized carbons (Fsp3) is 0.643. The highest BCUT2D eigenvalue weighted by Gasteiger charge is 2.23. The first kappa shape index (κ1) is 33.7. The van der Waals surface area contributed by atoms with Crippen molar-refractivity contribution >= 4 is 24.2 Å². The van der Waals surface area contributed by atoms with E-state index in [0.29, 0.717) is 24.8 Å². The third-order valence-electron chi connectivity index (χ3n) is 6.03. The maximum atomic E-state index is 12.4. The summed E-state index contributed by atoms with van der Waals surface area (Å²) in [6.07, 6.45) is -0.137. The van der Waals surface area contributed by atoms with Gasteiger partial charge in [0.05, 0.1) is 7.11 Å². The summed E-state index contributed by atoms with van der Waals surface area (Å²) in [7, 11) is 1.27. The first-order chi connectivity index (χ1) is 18.5. The van der Waals surface area contributed by atoms with E-state index < -0.39 is 24.3 Å². The molecule has 0 aliphatic rings. The van der Waals surface area contributed by atoms with Gasteiger partial charge in [-0.1, -0.05) is 40.2 Å². The Bertz CT molecular complexity index is 935. The molecule has 0 saturated heterocycles. The van der Waals surface area contributed by atoms with Crippen LogP contribution in [0, 0.1) is 5.92 Å². The normalized spacial score (nSPS) is 13.8. The molecule has 0 aromatic heterocycles. The largest absolute Gasteiger partial charge is 0.514 e. The van der Waals surface area contributed by atoms with Gasteiger partial charge in [0.25, 0.3) is 0 Å². The van der Waals surface area contributed by atoms with Crippen molar-refractivity contribution in [3.05, 3.63) is 23.8 Å². The van der Waals surface area contributed by atoms with Crippen LogP contribution in [0.2, 0.25) is 0 Å². The van der Waals surface area contributed by atoms with E-state index in [-0.39, 0.29) is 55.2 Å². The van der Waals surface area contributed by atoms with Crippen molar-refractivity contribution in [3.8, 4) is 11.5 Å². The van der Waals surface area contributed by atoms with Crippen LogP contribution in [0.25, 0.3) is 0 Å². The first-order valence-corrected chi connectivity index (χ1v) is 13.4. The number of benzene rings is 1. The number of carbonyl (C=O) groups is 4. The zero-order chi connectivity index (χ0) is 29.4. The third-order valence-corrected chi connectivity index (χ3v) is 6.03. The highest BCUT2D eigenvalue weighted by atomic mass is 16.7. The summed E-state index contributed by atoms with van der Waals surface area (Å²) in [5.41, 5.74) is 0.570. The van der Waals surface area contributed by atoms with E-state index in [1.54, 1.807) is 19.9 Å². The summed E-state index contributed by atoms with van der Waals surface area (Å²) in [5, 5.41) is 3.02. The Labute approximate surface area is 230 Å². The van der Waals surface area contributed by atoms with Crippen LogP contribution >= 0.6 is 0 Å². The average molecular weight is 554 g/mol. The quantitative estimate of drug-likeness (QED) is 0.129. The van der Waals surface area contributed by atoms with Crippen LogP contribution in [-0.2, 0) is 35.0 Å². The molecule has 0 amide bonds. The molecule has 0 fully saturated rings. The van der Waals surface area contributed by atoms with Crippen LogP contribution < -0.4 is 14.8 Å². The lowest BCUT2D eigenvalue weighted by Gasteiger charge is -2.18. The van der Waals surface area contributed by atoms with Gasteiger partial charge in [-0.15, -0.1) is 0 Å². The molecular formula is C28H43NO10. The van der Waals surface area contributed by atoms with Crippen LogP contribution in [0.1, 0.15) is 72.8 Å². The highest BCUT2D eigenvalue weighted by Crippen LogP contribution is 2.30. The molecule has 4 atom stereocenters. The van der Waals surface area contributed by atoms with Gasteiger partial charge < -0.3 is 33.7 Å². The van der Waals surface area contributed by atoms with Gasteiger partial charge >= 0.3 is 24.2 Å². The second kappa shape index (κ2) is 18.0. The van der Waals surface area contributed by atoms with Crippen molar-refractivity contribution in [2.75, 3.05) is 20.3 Å². The molecule has 0 aliphatic carbocycles. The summed E-state index contributed by atoms with van der Waals surface area (Å²) in [4.78, 5) is 48.8. The van der Waals surface area contributed by atoms with Crippen molar-refractivity contribution < 1.29 is 47.6 Å². The Morgan fingerprint density at radius 1 is 0.846 bits per heavy atom. The van der Waals surface area contributed by atoms with Gasteiger partial charge in [0.2, 0.25) is 0 Å². The number of nitrogens with one attached hydrogen (secondary N) is 1. The van der Waals surface area contributed by atoms with Gasteiger partial charge in [0.15, 0.2) is 11.5 Å². The average Bonchev–Trinajstić information content (AvgIpc) is 2.90. The molecule has 1 aromatic rings. The van der Waals surface area contributed by atoms with Gasteiger partial charge in [0, 0.05) is 13.0 Å². The van der Waals surface area contributed by atoms with Gasteiger partial charge in [-0.2, -0.15) is 0 Å². The maximum absolute atomic E-state index is 12.4. The van der Waals surface area contributed by atoms with Crippen molar-refractivity contribution in [1.29, 1.82) is 0 Å². The van der Waals surface area contributed by atoms with Gasteiger partial charge in [0.1, 0.15) is 24.9 Å². The molecule has 1 aromatic carbocycles. The molecular weight excluding hydrogens is 510 g/mol. The van der Waals surface area contributed by atoms with Crippen molar-refractivity contribution in [2.24, 2.45) is 5.92 Å². The van der Waals surface area contributed by atoms with Crippen molar-refractivity contribution in [3.63, 3.8) is 0 Å². The molecule has 0 radical (unpaired) electrons. The molecule has 0 heterocycles. The smallest absolute Gasteiger partial charge is 0.468 e. The number of esters is 2. The molecule has 1 rings (SSSR count). The number of carbonyl (C=O) groups excluding carboxylic acids is 4. The van der Waals surface area contributed by atoms with Crippen LogP contribution in [0.3, 0.4) is 0 Å². The molecule has 0 bridgehead atoms. The fourth-order valence-corrected chi connectivity index (χ4v) is 3.07. The van der Waals surface area contributed by atoms with Gasteiger partial charge in [-0.3, -0.25) is 9.59 Å². The van der Waals surface area contributed by atoms with Crippen molar-refractivity contribution in [1.82, 2.24) is 5.32 Å². The number of rotatable bonds is 16. The lowest BCUT2D eigenvalue weighted by atomic mass is 10.1. The standard InChI is InChI=1S/C28H43NO10/c1-8-18(4)15-25(30)35-14-13-29-22(26(31)34-7)16-21-11-12-23(38-27(32)36-19(5)9-2)24(17-21)39-28(33)37-20(6)10-3/h11-12,17-20,22,29H,8-10,13-16H2,1-7H3/t18?,19?,20?,22-/m0/s1. The molecule has 0 aliphatic heterocycles. The number of hydrogen-bond donors (Lipinski definition) is 1. The fourth-order valence-electron chi connectivity index (χ4n) is 3.07. The second-order valence-electron chi connectivity index (χ2n) is 9.33. The lowest BCUT2D eigenvalue weighted by Crippen LogP contribution is -2.41. The minimum Gasteiger partial charge on any atom is -0.468 e. The van der Waals surface area contributed by atoms with Crippen LogP contribution in [0.4, 0.5) is 9.59 Å². The van der Waals surface area contributed by atoms with Crippen LogP contribution in [-0.4, -0.2) is 62.8 Å². The van der Waals surface area contributed by atoms with E-state index in [4.69, 9.17) is 28.4 Å². The summed E-state index contributed by atoms with van der Waals surface area (Å²) < 4.78 is 31.1. The van der Waals surface area contributed by atoms with E-state index in [2.05, 4.69) is 5.32 Å². The Hall–Kier alpha value is -3.34. The summed E-state index contributed by atoms with van der Waals surface area (Å²) in [6, 6.07) is 3.73. The minimum atomic E-state index is -0.969. The zero-order valence-corrected chi connectivity index (χ0v) is 24.1. The molecule has 0 saturated carbocycles. The predicted molar refractivity (Wildman–Crippen MR) is 143 cm³/mol. The molecule has 220 valence electrons. The molecule has 11 nitrogen and oxygen atoms in total. The Balaban J connectivity index is 3.00. The molecule has 0 spiro atoms. The van der Waals surface area contributed by atoms with Crippen LogP contribution in [0.5, 0.6) is 11.5 Å². The lowest BCUT2D eigenvalue weighted by molar-refractivity contribution is -0.144. The minimum absolute atomic E-state index is 0.0519. The Morgan fingerprint density at radius 2 is 1.44 bits per heavy atom. The molecule has 39 heavy (non-hydrogen) atoms. The van der Waals surface area contributed by atoms with E-state index in [1.165, 1.54) is 19.2 Å². The predicted octanol–water partition coefficient (Wildman–Crippen LogP) is 4.97. The monoisotopic (exact) mass is 553 g/mol. The van der Waals surface area contributed by atoms with E-state index >= 15 is 0 Å². The van der Waals surface area contributed by atoms with Crippen LogP contribution in [0.15, 0.2) is 18.2 Å². The summed E-state index contributed by atoms with van der Waals surface area (Å²) >= 11 is 0. The second-order valence-corrected chi connectivity index (χ2v) is 9.33. The Kier molecular flexibility index (Phi) is 15.6. The number of hydrogen-bond acceptors (Lipinski definition) is 11. The molecule has 1 N–H and O–H groups in total. The topological polar surface area (TPSA) is 136 Å². The summed E-state index contributed by atoms with van der Waals surface area (Å²) in [6.45, 7) is 11.4. The highest BCUT2D eigenvalue weighted by molar-refractivity contribution is 5.76. The number of ether oxygens (including phenoxy) is 6. The van der Waals surface area contributed by atoms with E-state index in [9.17, 15) is 19.2 Å². The van der Waals surface area contributed by atoms with Gasteiger partial charge in [-0.25, -0.2) is 9.59 Å². The van der Waals surface area contributed by atoms with E-state index in [0.717, 1.165) is 6.42 Å². The molecule has 11 heteroatoms. The van der Waals surface area contributed by atoms with Gasteiger partial charge in [-0.05, 0) is 56.7 Å². The van der Waals surface area contributed by atoms with Crippen molar-refractivity contribution in [2.45, 2.75) is 91.9 Å². The molecule has 3 unspecified atom stereocenters. The SMILES string of the molecule is CCC(C)CC(=O)OCCN[C@@H](Cc1ccc(OC(=O)OC(C)CC)c(OC(=O)OC(C)CC)c1)C(=O)OC. The van der Waals surface area contributed by atoms with E-state index in [1.807, 2.05) is 27.7 Å². The maximum Gasteiger partial charge on any atom is 0.514 e.